The molecule has 3 N–H and O–H groups in total. The van der Waals surface area contributed by atoms with Crippen LogP contribution in [0.15, 0.2) is 36.4 Å². The number of halogens is 1. The molecule has 18 heavy (non-hydrogen) atoms. The third kappa shape index (κ3) is 2.07. The molecule has 0 heterocycles. The summed E-state index contributed by atoms with van der Waals surface area (Å²) < 4.78 is 13.9. The van der Waals surface area contributed by atoms with Gasteiger partial charge in [0, 0.05) is 11.5 Å². The van der Waals surface area contributed by atoms with Gasteiger partial charge in [-0.2, -0.15) is 0 Å². The molecular formula is C14H14FNO2. The zero-order chi connectivity index (χ0) is 13.3. The number of carboxylic acids is 1. The second-order valence-electron chi connectivity index (χ2n) is 4.33. The average Bonchev–Trinajstić information content (AvgIpc) is 2.37. The predicted molar refractivity (Wildman–Crippen MR) is 67.9 cm³/mol. The van der Waals surface area contributed by atoms with Gasteiger partial charge in [-0.25, -0.2) is 4.39 Å². The smallest absolute Gasteiger partial charge is 0.321 e. The van der Waals surface area contributed by atoms with E-state index in [0.717, 1.165) is 5.39 Å². The van der Waals surface area contributed by atoms with Crippen molar-refractivity contribution in [2.75, 3.05) is 0 Å². The molecule has 0 amide bonds. The van der Waals surface area contributed by atoms with Crippen molar-refractivity contribution in [2.45, 2.75) is 18.9 Å². The number of benzene rings is 2. The lowest BCUT2D eigenvalue weighted by atomic mass is 9.89. The Labute approximate surface area is 104 Å². The van der Waals surface area contributed by atoms with Crippen molar-refractivity contribution >= 4 is 16.7 Å². The fourth-order valence-electron chi connectivity index (χ4n) is 2.13. The van der Waals surface area contributed by atoms with E-state index in [4.69, 9.17) is 10.8 Å². The Morgan fingerprint density at radius 1 is 1.28 bits per heavy atom. The van der Waals surface area contributed by atoms with Crippen LogP contribution in [-0.4, -0.2) is 17.1 Å². The van der Waals surface area contributed by atoms with Gasteiger partial charge in [-0.1, -0.05) is 37.3 Å². The lowest BCUT2D eigenvalue weighted by Gasteiger charge is -2.19. The molecule has 0 radical (unpaired) electrons. The summed E-state index contributed by atoms with van der Waals surface area (Å²) in [6.07, 6.45) is 0. The summed E-state index contributed by atoms with van der Waals surface area (Å²) in [6, 6.07) is 9.19. The van der Waals surface area contributed by atoms with Crippen molar-refractivity contribution in [1.29, 1.82) is 0 Å². The maximum absolute atomic E-state index is 13.9. The van der Waals surface area contributed by atoms with E-state index in [2.05, 4.69) is 0 Å². The zero-order valence-electron chi connectivity index (χ0n) is 9.93. The number of hydrogen-bond donors (Lipinski definition) is 2. The number of nitrogens with two attached hydrogens (primary N) is 1. The number of carbonyl (C=O) groups is 1. The number of rotatable bonds is 3. The quantitative estimate of drug-likeness (QED) is 0.875. The third-order valence-corrected chi connectivity index (χ3v) is 3.20. The van der Waals surface area contributed by atoms with Crippen molar-refractivity contribution in [3.05, 3.63) is 47.8 Å². The van der Waals surface area contributed by atoms with Gasteiger partial charge in [0.05, 0.1) is 0 Å². The maximum Gasteiger partial charge on any atom is 0.321 e. The highest BCUT2D eigenvalue weighted by Crippen LogP contribution is 2.29. The molecule has 2 aromatic rings. The fraction of sp³-hybridized carbons (Fsp3) is 0.214. The van der Waals surface area contributed by atoms with Gasteiger partial charge < -0.3 is 10.8 Å². The molecule has 0 aliphatic rings. The van der Waals surface area contributed by atoms with Crippen LogP contribution in [0.2, 0.25) is 0 Å². The van der Waals surface area contributed by atoms with Crippen LogP contribution in [0.3, 0.4) is 0 Å². The molecule has 0 aliphatic heterocycles. The van der Waals surface area contributed by atoms with Crippen molar-refractivity contribution in [3.8, 4) is 0 Å². The monoisotopic (exact) mass is 247 g/mol. The largest absolute Gasteiger partial charge is 0.480 e. The minimum absolute atomic E-state index is 0.364. The first-order valence-electron chi connectivity index (χ1n) is 5.68. The SMILES string of the molecule is C[C@H](c1c(F)ccc2ccccc12)[C@H](N)C(=O)O. The van der Waals surface area contributed by atoms with Gasteiger partial charge in [-0.3, -0.25) is 4.79 Å². The summed E-state index contributed by atoms with van der Waals surface area (Å²) in [6.45, 7) is 1.63. The van der Waals surface area contributed by atoms with Gasteiger partial charge in [0.2, 0.25) is 0 Å². The molecular weight excluding hydrogens is 233 g/mol. The summed E-state index contributed by atoms with van der Waals surface area (Å²) in [4.78, 5) is 10.9. The predicted octanol–water partition coefficient (Wildman–Crippen LogP) is 2.49. The minimum Gasteiger partial charge on any atom is -0.480 e. The standard InChI is InChI=1S/C14H14FNO2/c1-8(13(16)14(17)18)12-10-5-3-2-4-9(10)6-7-11(12)15/h2-8,13H,16H2,1H3,(H,17,18)/t8-,13+/m1/s1. The van der Waals surface area contributed by atoms with Gasteiger partial charge in [-0.05, 0) is 16.8 Å². The number of fused-ring (bicyclic) bond motifs is 1. The van der Waals surface area contributed by atoms with Crippen LogP contribution < -0.4 is 5.73 Å². The Balaban J connectivity index is 2.62. The van der Waals surface area contributed by atoms with Crippen LogP contribution in [0.25, 0.3) is 10.8 Å². The molecule has 0 bridgehead atoms. The van der Waals surface area contributed by atoms with Crippen LogP contribution in [0.4, 0.5) is 4.39 Å². The molecule has 0 saturated carbocycles. The lowest BCUT2D eigenvalue weighted by molar-refractivity contribution is -0.139. The second kappa shape index (κ2) is 4.74. The van der Waals surface area contributed by atoms with E-state index >= 15 is 0 Å². The van der Waals surface area contributed by atoms with Crippen LogP contribution >= 0.6 is 0 Å². The summed E-state index contributed by atoms with van der Waals surface area (Å²) in [7, 11) is 0. The van der Waals surface area contributed by atoms with E-state index in [1.54, 1.807) is 25.1 Å². The third-order valence-electron chi connectivity index (χ3n) is 3.20. The molecule has 0 saturated heterocycles. The molecule has 94 valence electrons. The fourth-order valence-corrected chi connectivity index (χ4v) is 2.13. The molecule has 2 rings (SSSR count). The van der Waals surface area contributed by atoms with Crippen molar-refractivity contribution < 1.29 is 14.3 Å². The number of aliphatic carboxylic acids is 1. The molecule has 4 heteroatoms. The van der Waals surface area contributed by atoms with Gasteiger partial charge in [0.15, 0.2) is 0 Å². The average molecular weight is 247 g/mol. The summed E-state index contributed by atoms with van der Waals surface area (Å²) in [5.41, 5.74) is 5.95. The molecule has 2 atom stereocenters. The minimum atomic E-state index is -1.13. The highest BCUT2D eigenvalue weighted by molar-refractivity contribution is 5.87. The number of carboxylic acid groups (broad SMARTS) is 1. The Hall–Kier alpha value is -1.94. The van der Waals surface area contributed by atoms with E-state index in [1.807, 2.05) is 12.1 Å². The van der Waals surface area contributed by atoms with E-state index in [-0.39, 0.29) is 0 Å². The molecule has 0 aromatic heterocycles. The van der Waals surface area contributed by atoms with Crippen molar-refractivity contribution in [2.24, 2.45) is 5.73 Å². The summed E-state index contributed by atoms with van der Waals surface area (Å²) in [5, 5.41) is 10.5. The van der Waals surface area contributed by atoms with Crippen LogP contribution in [0, 0.1) is 5.82 Å². The van der Waals surface area contributed by atoms with Gasteiger partial charge >= 0.3 is 5.97 Å². The Bertz CT molecular complexity index is 597. The Kier molecular flexibility index (Phi) is 3.30. The van der Waals surface area contributed by atoms with Crippen molar-refractivity contribution in [3.63, 3.8) is 0 Å². The van der Waals surface area contributed by atoms with E-state index in [9.17, 15) is 9.18 Å². The van der Waals surface area contributed by atoms with E-state index < -0.39 is 23.7 Å². The second-order valence-corrected chi connectivity index (χ2v) is 4.33. The zero-order valence-corrected chi connectivity index (χ0v) is 9.93. The van der Waals surface area contributed by atoms with Crippen LogP contribution in [0.1, 0.15) is 18.4 Å². The first-order valence-corrected chi connectivity index (χ1v) is 5.68. The number of hydrogen-bond acceptors (Lipinski definition) is 2. The van der Waals surface area contributed by atoms with Gasteiger partial charge in [0.1, 0.15) is 11.9 Å². The normalized spacial score (nSPS) is 14.4. The lowest BCUT2D eigenvalue weighted by Crippen LogP contribution is -2.35. The van der Waals surface area contributed by atoms with Crippen LogP contribution in [0.5, 0.6) is 0 Å². The van der Waals surface area contributed by atoms with Gasteiger partial charge in [-0.15, -0.1) is 0 Å². The molecule has 0 unspecified atom stereocenters. The van der Waals surface area contributed by atoms with Gasteiger partial charge in [0.25, 0.3) is 0 Å². The summed E-state index contributed by atoms with van der Waals surface area (Å²) >= 11 is 0. The highest BCUT2D eigenvalue weighted by Gasteiger charge is 2.25. The Morgan fingerprint density at radius 2 is 1.94 bits per heavy atom. The first kappa shape index (κ1) is 12.5. The first-order chi connectivity index (χ1) is 8.52. The van der Waals surface area contributed by atoms with Crippen molar-refractivity contribution in [1.82, 2.24) is 0 Å². The topological polar surface area (TPSA) is 63.3 Å². The molecule has 0 spiro atoms. The maximum atomic E-state index is 13.9. The van der Waals surface area contributed by atoms with E-state index in [1.165, 1.54) is 6.07 Å². The molecule has 0 aliphatic carbocycles. The molecule has 3 nitrogen and oxygen atoms in total. The molecule has 0 fully saturated rings. The summed E-state index contributed by atoms with van der Waals surface area (Å²) in [5.74, 6) is -2.14. The highest BCUT2D eigenvalue weighted by atomic mass is 19.1. The van der Waals surface area contributed by atoms with E-state index in [0.29, 0.717) is 10.9 Å². The Morgan fingerprint density at radius 3 is 2.61 bits per heavy atom. The molecule has 2 aromatic carbocycles. The van der Waals surface area contributed by atoms with Crippen LogP contribution in [-0.2, 0) is 4.79 Å².